The molecule has 0 radical (unpaired) electrons. The predicted octanol–water partition coefficient (Wildman–Crippen LogP) is 1.31. The van der Waals surface area contributed by atoms with Gasteiger partial charge in [-0.15, -0.1) is 0 Å². The molecule has 0 aromatic carbocycles. The van der Waals surface area contributed by atoms with Crippen LogP contribution >= 0.6 is 11.6 Å². The zero-order valence-corrected chi connectivity index (χ0v) is 10.2. The van der Waals surface area contributed by atoms with Gasteiger partial charge < -0.3 is 9.47 Å². The van der Waals surface area contributed by atoms with E-state index in [9.17, 15) is 4.79 Å². The first-order chi connectivity index (χ1) is 7.66. The maximum atomic E-state index is 11.7. The van der Waals surface area contributed by atoms with Crippen LogP contribution in [0.15, 0.2) is 6.20 Å². The van der Waals surface area contributed by atoms with E-state index in [2.05, 4.69) is 5.10 Å². The Bertz CT molecular complexity index is 332. The van der Waals surface area contributed by atoms with Crippen LogP contribution < -0.4 is 0 Å². The molecule has 0 saturated heterocycles. The molecule has 0 aliphatic heterocycles. The molecule has 0 atom stereocenters. The molecule has 1 rings (SSSR count). The van der Waals surface area contributed by atoms with Crippen LogP contribution in [-0.2, 0) is 16.5 Å². The lowest BCUT2D eigenvalue weighted by Crippen LogP contribution is -2.11. The minimum Gasteiger partial charge on any atom is -0.382 e. The van der Waals surface area contributed by atoms with Crippen molar-refractivity contribution in [2.24, 2.45) is 7.05 Å². The summed E-state index contributed by atoms with van der Waals surface area (Å²) in [4.78, 5) is 11.7. The topological polar surface area (TPSA) is 53.4 Å². The van der Waals surface area contributed by atoms with Crippen LogP contribution in [0.3, 0.4) is 0 Å². The lowest BCUT2D eigenvalue weighted by molar-refractivity contribution is 0.0638. The number of nitrogens with zero attached hydrogens (tertiary/aromatic N) is 2. The Hall–Kier alpha value is -0.910. The highest BCUT2D eigenvalue weighted by Gasteiger charge is 2.14. The molecule has 16 heavy (non-hydrogen) atoms. The van der Waals surface area contributed by atoms with E-state index >= 15 is 0 Å². The minimum atomic E-state index is -0.0672. The first-order valence-electron chi connectivity index (χ1n) is 4.94. The van der Waals surface area contributed by atoms with Crippen molar-refractivity contribution < 1.29 is 14.3 Å². The average molecular weight is 247 g/mol. The predicted molar refractivity (Wildman–Crippen MR) is 59.9 cm³/mol. The van der Waals surface area contributed by atoms with Gasteiger partial charge >= 0.3 is 0 Å². The van der Waals surface area contributed by atoms with Crippen molar-refractivity contribution in [2.45, 2.75) is 6.42 Å². The van der Waals surface area contributed by atoms with Gasteiger partial charge in [0.2, 0.25) is 0 Å². The normalized spacial score (nSPS) is 10.7. The van der Waals surface area contributed by atoms with Gasteiger partial charge in [0.1, 0.15) is 5.69 Å². The van der Waals surface area contributed by atoms with Crippen molar-refractivity contribution in [3.8, 4) is 0 Å². The largest absolute Gasteiger partial charge is 0.382 e. The number of aromatic nitrogens is 2. The second kappa shape index (κ2) is 6.62. The number of halogens is 1. The summed E-state index contributed by atoms with van der Waals surface area (Å²) in [7, 11) is 3.29. The number of rotatable bonds is 7. The summed E-state index contributed by atoms with van der Waals surface area (Å²) >= 11 is 5.84. The van der Waals surface area contributed by atoms with Gasteiger partial charge in [-0.2, -0.15) is 5.10 Å². The van der Waals surface area contributed by atoms with Gasteiger partial charge in [0.05, 0.1) is 31.0 Å². The van der Waals surface area contributed by atoms with Crippen molar-refractivity contribution in [2.75, 3.05) is 26.9 Å². The van der Waals surface area contributed by atoms with Gasteiger partial charge in [0.15, 0.2) is 5.78 Å². The maximum Gasteiger partial charge on any atom is 0.184 e. The van der Waals surface area contributed by atoms with Crippen molar-refractivity contribution >= 4 is 17.4 Å². The third-order valence-corrected chi connectivity index (χ3v) is 2.34. The summed E-state index contributed by atoms with van der Waals surface area (Å²) in [5.41, 5.74) is 0.428. The lowest BCUT2D eigenvalue weighted by Gasteiger charge is -2.04. The van der Waals surface area contributed by atoms with E-state index in [-0.39, 0.29) is 5.78 Å². The Morgan fingerprint density at radius 3 is 2.81 bits per heavy atom. The smallest absolute Gasteiger partial charge is 0.184 e. The fraction of sp³-hybridized carbons (Fsp3) is 0.600. The Kier molecular flexibility index (Phi) is 5.45. The second-order valence-corrected chi connectivity index (χ2v) is 3.65. The van der Waals surface area contributed by atoms with Crippen LogP contribution in [0.25, 0.3) is 0 Å². The number of carbonyl (C=O) groups excluding carboxylic acids is 1. The summed E-state index contributed by atoms with van der Waals surface area (Å²) in [6.45, 7) is 1.38. The molecule has 0 aliphatic carbocycles. The third-order valence-electron chi connectivity index (χ3n) is 2.06. The van der Waals surface area contributed by atoms with Gasteiger partial charge in [-0.25, -0.2) is 0 Å². The van der Waals surface area contributed by atoms with Crippen LogP contribution in [0.5, 0.6) is 0 Å². The SMILES string of the molecule is COCCOCCC(=O)c1c(Cl)cnn1C. The summed E-state index contributed by atoms with van der Waals surface area (Å²) in [5.74, 6) is -0.0672. The van der Waals surface area contributed by atoms with E-state index in [4.69, 9.17) is 21.1 Å². The van der Waals surface area contributed by atoms with Crippen LogP contribution in [0.1, 0.15) is 16.9 Å². The summed E-state index contributed by atoms with van der Waals surface area (Å²) in [6.07, 6.45) is 1.75. The van der Waals surface area contributed by atoms with Crippen molar-refractivity contribution in [1.82, 2.24) is 9.78 Å². The number of Topliss-reactive ketones (excluding diaryl/α,β-unsaturated/α-hetero) is 1. The van der Waals surface area contributed by atoms with E-state index in [1.807, 2.05) is 0 Å². The molecule has 1 aromatic heterocycles. The zero-order chi connectivity index (χ0) is 12.0. The van der Waals surface area contributed by atoms with E-state index < -0.39 is 0 Å². The molecule has 90 valence electrons. The van der Waals surface area contributed by atoms with Crippen LogP contribution in [0, 0.1) is 0 Å². The highest BCUT2D eigenvalue weighted by molar-refractivity contribution is 6.33. The molecule has 0 saturated carbocycles. The fourth-order valence-corrected chi connectivity index (χ4v) is 1.52. The van der Waals surface area contributed by atoms with Crippen LogP contribution in [0.2, 0.25) is 5.02 Å². The van der Waals surface area contributed by atoms with Gasteiger partial charge in [-0.1, -0.05) is 11.6 Å². The van der Waals surface area contributed by atoms with Gasteiger partial charge in [0, 0.05) is 20.6 Å². The fourth-order valence-electron chi connectivity index (χ4n) is 1.25. The molecular weight excluding hydrogens is 232 g/mol. The standard InChI is InChI=1S/C10H15ClN2O3/c1-13-10(8(11)7-12-13)9(14)3-4-16-6-5-15-2/h7H,3-6H2,1-2H3. The zero-order valence-electron chi connectivity index (χ0n) is 9.40. The molecule has 0 amide bonds. The molecule has 1 heterocycles. The molecule has 0 aliphatic rings. The molecule has 6 heteroatoms. The van der Waals surface area contributed by atoms with Crippen molar-refractivity contribution in [1.29, 1.82) is 0 Å². The lowest BCUT2D eigenvalue weighted by atomic mass is 10.2. The first kappa shape index (κ1) is 13.2. The average Bonchev–Trinajstić information content (AvgIpc) is 2.58. The Morgan fingerprint density at radius 2 is 2.25 bits per heavy atom. The van der Waals surface area contributed by atoms with Gasteiger partial charge in [0.25, 0.3) is 0 Å². The van der Waals surface area contributed by atoms with E-state index in [0.29, 0.717) is 37.0 Å². The molecule has 0 spiro atoms. The van der Waals surface area contributed by atoms with E-state index in [1.165, 1.54) is 10.9 Å². The Balaban J connectivity index is 2.36. The summed E-state index contributed by atoms with van der Waals surface area (Å²) in [5, 5.41) is 4.28. The number of aryl methyl sites for hydroxylation is 1. The van der Waals surface area contributed by atoms with E-state index in [0.717, 1.165) is 0 Å². The monoisotopic (exact) mass is 246 g/mol. The maximum absolute atomic E-state index is 11.7. The molecule has 0 bridgehead atoms. The molecule has 1 aromatic rings. The van der Waals surface area contributed by atoms with E-state index in [1.54, 1.807) is 14.2 Å². The molecule has 0 fully saturated rings. The molecule has 5 nitrogen and oxygen atoms in total. The number of hydrogen-bond acceptors (Lipinski definition) is 4. The number of ether oxygens (including phenoxy) is 2. The quantitative estimate of drug-likeness (QED) is 0.538. The highest BCUT2D eigenvalue weighted by Crippen LogP contribution is 2.15. The van der Waals surface area contributed by atoms with Gasteiger partial charge in [-0.05, 0) is 0 Å². The molecule has 0 N–H and O–H groups in total. The number of ketones is 1. The van der Waals surface area contributed by atoms with Gasteiger partial charge in [-0.3, -0.25) is 9.48 Å². The van der Waals surface area contributed by atoms with Crippen LogP contribution in [-0.4, -0.2) is 42.5 Å². The van der Waals surface area contributed by atoms with Crippen molar-refractivity contribution in [3.05, 3.63) is 16.9 Å². The van der Waals surface area contributed by atoms with Crippen molar-refractivity contribution in [3.63, 3.8) is 0 Å². The Morgan fingerprint density at radius 1 is 1.50 bits per heavy atom. The summed E-state index contributed by atoms with van der Waals surface area (Å²) in [6, 6.07) is 0. The number of carbonyl (C=O) groups is 1. The molecular formula is C10H15ClN2O3. The minimum absolute atomic E-state index is 0.0672. The Labute approximate surface area is 99.3 Å². The second-order valence-electron chi connectivity index (χ2n) is 3.24. The van der Waals surface area contributed by atoms with Crippen LogP contribution in [0.4, 0.5) is 0 Å². The molecule has 0 unspecified atom stereocenters. The highest BCUT2D eigenvalue weighted by atomic mass is 35.5. The summed E-state index contributed by atoms with van der Waals surface area (Å²) < 4.78 is 11.5. The third kappa shape index (κ3) is 3.59. The number of methoxy groups -OCH3 is 1. The number of hydrogen-bond donors (Lipinski definition) is 0. The first-order valence-corrected chi connectivity index (χ1v) is 5.32.